The molecule has 0 radical (unpaired) electrons. The van der Waals surface area contributed by atoms with Gasteiger partial charge in [0, 0.05) is 24.4 Å². The number of amides is 2. The minimum atomic E-state index is -3.64. The summed E-state index contributed by atoms with van der Waals surface area (Å²) in [6, 6.07) is -0.929. The molecule has 8 nitrogen and oxygen atoms in total. The average molecular weight is 451 g/mol. The van der Waals surface area contributed by atoms with Crippen LogP contribution >= 0.6 is 0 Å². The van der Waals surface area contributed by atoms with Crippen LogP contribution in [-0.2, 0) is 42.1 Å². The summed E-state index contributed by atoms with van der Waals surface area (Å²) in [5.74, 6) is 0.111. The number of ether oxygens (including phenoxy) is 1. The molecule has 2 amide bonds. The number of nitrogens with one attached hydrogen (secondary N) is 1. The fraction of sp³-hybridized carbons (Fsp3) is 0.500. The van der Waals surface area contributed by atoms with Crippen LogP contribution in [0.1, 0.15) is 35.6 Å². The number of nitrogens with zero attached hydrogens (tertiary/aromatic N) is 3. The van der Waals surface area contributed by atoms with Crippen LogP contribution in [0.4, 0.5) is 19.3 Å². The van der Waals surface area contributed by atoms with Gasteiger partial charge in [-0.3, -0.25) is 0 Å². The van der Waals surface area contributed by atoms with E-state index < -0.39 is 22.1 Å². The summed E-state index contributed by atoms with van der Waals surface area (Å²) in [7, 11) is -3.64. The van der Waals surface area contributed by atoms with Gasteiger partial charge in [-0.2, -0.15) is 5.10 Å². The normalized spacial score (nSPS) is 23.4. The number of fused-ring (bicyclic) bond motifs is 3. The van der Waals surface area contributed by atoms with Gasteiger partial charge in [0.25, 0.3) is 0 Å². The van der Waals surface area contributed by atoms with Crippen LogP contribution < -0.4 is 15.2 Å². The second-order valence-corrected chi connectivity index (χ2v) is 10.2. The molecular formula is C20H23F2N5O3S. The van der Waals surface area contributed by atoms with Gasteiger partial charge < -0.3 is 10.1 Å². The molecule has 0 spiro atoms. The van der Waals surface area contributed by atoms with Crippen LogP contribution in [0.3, 0.4) is 0 Å². The maximum absolute atomic E-state index is 14.8. The van der Waals surface area contributed by atoms with E-state index in [2.05, 4.69) is 14.8 Å². The van der Waals surface area contributed by atoms with Crippen molar-refractivity contribution in [2.24, 2.45) is 15.4 Å². The Hall–Kier alpha value is -2.53. The van der Waals surface area contributed by atoms with Gasteiger partial charge in [0.05, 0.1) is 19.3 Å². The third-order valence-electron chi connectivity index (χ3n) is 6.08. The molecular weight excluding hydrogens is 428 g/mol. The number of carbonyl (C=O) groups excluding carboxylic acids is 1. The quantitative estimate of drug-likeness (QED) is 0.731. The number of hydrogen-bond donors (Lipinski definition) is 2. The van der Waals surface area contributed by atoms with Crippen molar-refractivity contribution in [3.05, 3.63) is 34.3 Å². The minimum absolute atomic E-state index is 0.0135. The van der Waals surface area contributed by atoms with Gasteiger partial charge in [-0.25, -0.2) is 27.6 Å². The lowest BCUT2D eigenvalue weighted by molar-refractivity contribution is 0.171. The lowest BCUT2D eigenvalue weighted by Gasteiger charge is -2.21. The first-order valence-electron chi connectivity index (χ1n) is 10.3. The van der Waals surface area contributed by atoms with Crippen LogP contribution in [-0.4, -0.2) is 32.8 Å². The third kappa shape index (κ3) is 3.39. The topological polar surface area (TPSA) is 112 Å². The molecule has 5 rings (SSSR count). The number of nitrogens with two attached hydrogens (primary N) is 1. The second-order valence-electron chi connectivity index (χ2n) is 8.46. The van der Waals surface area contributed by atoms with Crippen molar-refractivity contribution in [3.8, 4) is 5.88 Å². The summed E-state index contributed by atoms with van der Waals surface area (Å²) in [5.41, 5.74) is 2.33. The van der Waals surface area contributed by atoms with E-state index in [-0.39, 0.29) is 35.4 Å². The number of urea groups is 1. The van der Waals surface area contributed by atoms with Crippen LogP contribution in [0, 0.1) is 11.7 Å². The predicted molar refractivity (Wildman–Crippen MR) is 110 cm³/mol. The summed E-state index contributed by atoms with van der Waals surface area (Å²) in [6.45, 7) is 2.98. The Morgan fingerprint density at radius 3 is 2.87 bits per heavy atom. The summed E-state index contributed by atoms with van der Waals surface area (Å²) in [6.07, 6.45) is 1.98. The Kier molecular flexibility index (Phi) is 4.78. The standard InChI is InChI=1S/C20H23F2N5O3S/c1-10-8-27-19(30-9-10)16(7-24-27)31(23,29)26-20(28)25-18-13-4-2-3-12(13)17(22)14-5-11(21)6-15(14)18/h7,10-11H,2-6,8-9H2,1H3,(H3,23,25,26,28,29)/t10-,11+,31?/m0/s1. The molecule has 0 bridgehead atoms. The highest BCUT2D eigenvalue weighted by Gasteiger charge is 2.34. The molecule has 0 fully saturated rings. The lowest BCUT2D eigenvalue weighted by Crippen LogP contribution is -2.25. The van der Waals surface area contributed by atoms with Crippen LogP contribution in [0.2, 0.25) is 0 Å². The van der Waals surface area contributed by atoms with Crippen LogP contribution in [0.5, 0.6) is 5.88 Å². The molecule has 3 N–H and O–H groups in total. The van der Waals surface area contributed by atoms with E-state index in [9.17, 15) is 17.8 Å². The highest BCUT2D eigenvalue weighted by atomic mass is 32.2. The van der Waals surface area contributed by atoms with Crippen LogP contribution in [0.15, 0.2) is 15.5 Å². The van der Waals surface area contributed by atoms with Gasteiger partial charge in [0.2, 0.25) is 5.88 Å². The van der Waals surface area contributed by atoms with Crippen LogP contribution in [0.25, 0.3) is 0 Å². The first-order chi connectivity index (χ1) is 14.7. The largest absolute Gasteiger partial charge is 0.477 e. The summed E-state index contributed by atoms with van der Waals surface area (Å²) in [4.78, 5) is 12.8. The van der Waals surface area contributed by atoms with E-state index in [0.29, 0.717) is 53.9 Å². The van der Waals surface area contributed by atoms with Gasteiger partial charge in [0.15, 0.2) is 9.92 Å². The average Bonchev–Trinajstić information content (AvgIpc) is 3.42. The van der Waals surface area contributed by atoms with E-state index in [1.54, 1.807) is 4.68 Å². The Morgan fingerprint density at radius 1 is 1.32 bits per heavy atom. The molecule has 2 heterocycles. The summed E-state index contributed by atoms with van der Waals surface area (Å²) < 4.78 is 52.8. The second kappa shape index (κ2) is 7.27. The molecule has 1 aliphatic heterocycles. The Labute approximate surface area is 178 Å². The maximum Gasteiger partial charge on any atom is 0.354 e. The van der Waals surface area contributed by atoms with Crippen molar-refractivity contribution < 1.29 is 22.5 Å². The zero-order valence-electron chi connectivity index (χ0n) is 17.0. The maximum atomic E-state index is 14.8. The molecule has 3 atom stereocenters. The van der Waals surface area contributed by atoms with Crippen molar-refractivity contribution in [1.29, 1.82) is 0 Å². The van der Waals surface area contributed by atoms with Crippen molar-refractivity contribution in [3.63, 3.8) is 0 Å². The summed E-state index contributed by atoms with van der Waals surface area (Å²) >= 11 is 0. The smallest absolute Gasteiger partial charge is 0.354 e. The molecule has 166 valence electrons. The third-order valence-corrected chi connectivity index (χ3v) is 7.43. The van der Waals surface area contributed by atoms with Gasteiger partial charge in [-0.15, -0.1) is 4.36 Å². The fourth-order valence-corrected chi connectivity index (χ4v) is 5.72. The van der Waals surface area contributed by atoms with Crippen molar-refractivity contribution in [2.45, 2.75) is 56.6 Å². The molecule has 1 aromatic carbocycles. The molecule has 0 saturated heterocycles. The van der Waals surface area contributed by atoms with Gasteiger partial charge in [-0.1, -0.05) is 6.92 Å². The molecule has 0 saturated carbocycles. The van der Waals surface area contributed by atoms with E-state index in [4.69, 9.17) is 9.88 Å². The van der Waals surface area contributed by atoms with Crippen molar-refractivity contribution in [1.82, 2.24) is 9.78 Å². The molecule has 2 aromatic rings. The Bertz CT molecular complexity index is 1220. The number of aromatic nitrogens is 2. The van der Waals surface area contributed by atoms with Crippen molar-refractivity contribution >= 4 is 21.6 Å². The number of halogens is 2. The fourth-order valence-electron chi connectivity index (χ4n) is 4.72. The molecule has 1 unspecified atom stereocenters. The molecule has 1 aromatic heterocycles. The van der Waals surface area contributed by atoms with Gasteiger partial charge in [0.1, 0.15) is 16.9 Å². The SMILES string of the molecule is C[C@@H]1COc2c(S(N)(=O)=NC(=O)Nc3c4c(c(F)c5c3C[C@H](F)C5)CCC4)cnn2C1. The first kappa shape index (κ1) is 20.4. The lowest BCUT2D eigenvalue weighted by atomic mass is 9.98. The molecule has 11 heteroatoms. The highest BCUT2D eigenvalue weighted by molar-refractivity contribution is 7.91. The number of benzene rings is 1. The number of hydrogen-bond acceptors (Lipinski definition) is 4. The van der Waals surface area contributed by atoms with E-state index in [1.165, 1.54) is 6.20 Å². The van der Waals surface area contributed by atoms with Gasteiger partial charge >= 0.3 is 6.03 Å². The monoisotopic (exact) mass is 451 g/mol. The Morgan fingerprint density at radius 2 is 2.06 bits per heavy atom. The minimum Gasteiger partial charge on any atom is -0.477 e. The number of rotatable bonds is 2. The first-order valence-corrected chi connectivity index (χ1v) is 11.9. The summed E-state index contributed by atoms with van der Waals surface area (Å²) in [5, 5.41) is 12.7. The molecule has 31 heavy (non-hydrogen) atoms. The number of anilines is 1. The van der Waals surface area contributed by atoms with E-state index >= 15 is 0 Å². The predicted octanol–water partition coefficient (Wildman–Crippen LogP) is 2.91. The number of alkyl halides is 1. The van der Waals surface area contributed by atoms with E-state index in [1.807, 2.05) is 6.92 Å². The highest BCUT2D eigenvalue weighted by Crippen LogP contribution is 2.41. The zero-order valence-corrected chi connectivity index (χ0v) is 17.8. The molecule has 3 aliphatic rings. The molecule has 2 aliphatic carbocycles. The van der Waals surface area contributed by atoms with E-state index in [0.717, 1.165) is 6.42 Å². The van der Waals surface area contributed by atoms with Crippen molar-refractivity contribution in [2.75, 3.05) is 11.9 Å². The Balaban J connectivity index is 1.50. The zero-order chi connectivity index (χ0) is 21.9. The van der Waals surface area contributed by atoms with Gasteiger partial charge in [-0.05, 0) is 41.5 Å². The number of carbonyl (C=O) groups is 1.